The van der Waals surface area contributed by atoms with Crippen LogP contribution in [0.5, 0.6) is 0 Å². The van der Waals surface area contributed by atoms with E-state index in [1.807, 2.05) is 27.2 Å². The average Bonchev–Trinajstić information content (AvgIpc) is 3.15. The standard InChI is InChI=1S/C47H87N2O6P/c1-6-8-10-12-14-16-18-20-21-22-23-24-25-26-27-29-31-33-35-37-39-41-47(51)48-45(44-55-56(52,53)54-43-42-49(3,4)5)46(50)40-38-36-34-32-30-28-19-17-15-13-11-9-7-2/h8,10,14,16,20-21,23-24,38,40,45-46,50H,6-7,9,11-13,15,17-19,22,25-37,39,41-44H2,1-5H3,(H-,48,51,52,53)/b10-8-,16-14-,21-20-,24-23-,40-38+. The molecule has 0 rings (SSSR count). The first-order valence-corrected chi connectivity index (χ1v) is 24.1. The zero-order chi connectivity index (χ0) is 41.4. The second kappa shape index (κ2) is 38.7. The molecule has 0 aliphatic carbocycles. The van der Waals surface area contributed by atoms with Crippen LogP contribution < -0.4 is 10.2 Å². The Morgan fingerprint density at radius 2 is 1.09 bits per heavy atom. The van der Waals surface area contributed by atoms with Crippen molar-refractivity contribution < 1.29 is 32.9 Å². The first-order chi connectivity index (χ1) is 27.0. The van der Waals surface area contributed by atoms with Crippen LogP contribution >= 0.6 is 7.82 Å². The van der Waals surface area contributed by atoms with E-state index in [1.165, 1.54) is 83.5 Å². The van der Waals surface area contributed by atoms with Gasteiger partial charge in [-0.3, -0.25) is 9.36 Å². The number of phosphoric acid groups is 1. The fourth-order valence-electron chi connectivity index (χ4n) is 6.14. The van der Waals surface area contributed by atoms with E-state index in [4.69, 9.17) is 9.05 Å². The number of rotatable bonds is 40. The Morgan fingerprint density at radius 1 is 0.643 bits per heavy atom. The van der Waals surface area contributed by atoms with Gasteiger partial charge in [-0.15, -0.1) is 0 Å². The summed E-state index contributed by atoms with van der Waals surface area (Å²) in [5, 5.41) is 13.8. The van der Waals surface area contributed by atoms with Crippen LogP contribution in [-0.4, -0.2) is 68.5 Å². The van der Waals surface area contributed by atoms with Crippen LogP contribution in [0.1, 0.15) is 181 Å². The molecule has 0 fully saturated rings. The van der Waals surface area contributed by atoms with Gasteiger partial charge in [0.05, 0.1) is 39.9 Å². The van der Waals surface area contributed by atoms with Crippen LogP contribution in [0.2, 0.25) is 0 Å². The predicted molar refractivity (Wildman–Crippen MR) is 237 cm³/mol. The Morgan fingerprint density at radius 3 is 1.59 bits per heavy atom. The highest BCUT2D eigenvalue weighted by Gasteiger charge is 2.23. The van der Waals surface area contributed by atoms with Gasteiger partial charge in [0.15, 0.2) is 0 Å². The van der Waals surface area contributed by atoms with Crippen LogP contribution in [0.15, 0.2) is 60.8 Å². The molecule has 0 aliphatic rings. The van der Waals surface area contributed by atoms with E-state index in [0.717, 1.165) is 77.0 Å². The van der Waals surface area contributed by atoms with Crippen molar-refractivity contribution in [3.8, 4) is 0 Å². The molecule has 0 heterocycles. The summed E-state index contributed by atoms with van der Waals surface area (Å²) in [6.45, 7) is 4.51. The maximum absolute atomic E-state index is 12.9. The number of carbonyl (C=O) groups excluding carboxylic acids is 1. The fraction of sp³-hybridized carbons (Fsp3) is 0.766. The third kappa shape index (κ3) is 40.4. The largest absolute Gasteiger partial charge is 0.756 e. The second-order valence-corrected chi connectivity index (χ2v) is 17.8. The maximum Gasteiger partial charge on any atom is 0.268 e. The minimum Gasteiger partial charge on any atom is -0.756 e. The molecule has 56 heavy (non-hydrogen) atoms. The third-order valence-electron chi connectivity index (χ3n) is 9.73. The zero-order valence-electron chi connectivity index (χ0n) is 36.8. The molecule has 0 saturated heterocycles. The van der Waals surface area contributed by atoms with E-state index >= 15 is 0 Å². The lowest BCUT2D eigenvalue weighted by atomic mass is 10.0. The van der Waals surface area contributed by atoms with Crippen LogP contribution in [-0.2, 0) is 18.4 Å². The number of likely N-dealkylation sites (N-methyl/N-ethyl adjacent to an activating group) is 1. The molecule has 326 valence electrons. The van der Waals surface area contributed by atoms with E-state index in [0.29, 0.717) is 17.4 Å². The topological polar surface area (TPSA) is 108 Å². The maximum atomic E-state index is 12.9. The van der Waals surface area contributed by atoms with Gasteiger partial charge in [-0.25, -0.2) is 0 Å². The average molecular weight is 807 g/mol. The van der Waals surface area contributed by atoms with Crippen LogP contribution in [0, 0.1) is 0 Å². The molecule has 0 aliphatic heterocycles. The van der Waals surface area contributed by atoms with Crippen molar-refractivity contribution in [1.82, 2.24) is 5.32 Å². The van der Waals surface area contributed by atoms with Gasteiger partial charge in [0.25, 0.3) is 7.82 Å². The molecule has 3 unspecified atom stereocenters. The van der Waals surface area contributed by atoms with Gasteiger partial charge < -0.3 is 28.8 Å². The lowest BCUT2D eigenvalue weighted by molar-refractivity contribution is -0.870. The van der Waals surface area contributed by atoms with Gasteiger partial charge >= 0.3 is 0 Å². The number of amides is 1. The van der Waals surface area contributed by atoms with Crippen molar-refractivity contribution in [2.24, 2.45) is 0 Å². The molecule has 0 saturated carbocycles. The Labute approximate surface area is 345 Å². The quantitative estimate of drug-likeness (QED) is 0.0276. The Hall–Kier alpha value is -1.80. The van der Waals surface area contributed by atoms with Gasteiger partial charge in [-0.2, -0.15) is 0 Å². The van der Waals surface area contributed by atoms with E-state index in [1.54, 1.807) is 6.08 Å². The van der Waals surface area contributed by atoms with Crippen LogP contribution in [0.25, 0.3) is 0 Å². The lowest BCUT2D eigenvalue weighted by Gasteiger charge is -2.29. The summed E-state index contributed by atoms with van der Waals surface area (Å²) >= 11 is 0. The summed E-state index contributed by atoms with van der Waals surface area (Å²) < 4.78 is 23.2. The molecule has 0 spiro atoms. The summed E-state index contributed by atoms with van der Waals surface area (Å²) in [4.78, 5) is 25.3. The first kappa shape index (κ1) is 54.2. The van der Waals surface area contributed by atoms with Gasteiger partial charge in [-0.05, 0) is 57.8 Å². The van der Waals surface area contributed by atoms with Crippen LogP contribution in [0.4, 0.5) is 0 Å². The van der Waals surface area contributed by atoms with Crippen molar-refractivity contribution in [2.45, 2.75) is 193 Å². The van der Waals surface area contributed by atoms with E-state index in [9.17, 15) is 19.4 Å². The molecular formula is C47H87N2O6P. The molecule has 0 aromatic rings. The van der Waals surface area contributed by atoms with Crippen molar-refractivity contribution >= 4 is 13.7 Å². The third-order valence-corrected chi connectivity index (χ3v) is 10.7. The number of hydrogen-bond donors (Lipinski definition) is 2. The summed E-state index contributed by atoms with van der Waals surface area (Å²) in [6.07, 6.45) is 49.7. The van der Waals surface area contributed by atoms with Gasteiger partial charge in [0.1, 0.15) is 13.2 Å². The monoisotopic (exact) mass is 807 g/mol. The number of hydrogen-bond acceptors (Lipinski definition) is 6. The molecule has 3 atom stereocenters. The number of allylic oxidation sites excluding steroid dienone is 9. The number of nitrogens with one attached hydrogen (secondary N) is 1. The molecular weight excluding hydrogens is 719 g/mol. The zero-order valence-corrected chi connectivity index (χ0v) is 37.7. The van der Waals surface area contributed by atoms with Crippen molar-refractivity contribution in [1.29, 1.82) is 0 Å². The number of aliphatic hydroxyl groups excluding tert-OH is 1. The minimum atomic E-state index is -4.59. The van der Waals surface area contributed by atoms with E-state index in [2.05, 4.69) is 67.8 Å². The number of phosphoric ester groups is 1. The number of carbonyl (C=O) groups is 1. The normalized spacial score (nSPS) is 14.9. The summed E-state index contributed by atoms with van der Waals surface area (Å²) in [5.74, 6) is -0.209. The fourth-order valence-corrected chi connectivity index (χ4v) is 6.87. The molecule has 8 nitrogen and oxygen atoms in total. The van der Waals surface area contributed by atoms with Crippen molar-refractivity contribution in [2.75, 3.05) is 40.9 Å². The molecule has 9 heteroatoms. The highest BCUT2D eigenvalue weighted by molar-refractivity contribution is 7.45. The number of quaternary nitrogens is 1. The molecule has 0 radical (unpaired) electrons. The Bertz CT molecular complexity index is 1100. The van der Waals surface area contributed by atoms with Gasteiger partial charge in [0.2, 0.25) is 5.91 Å². The molecule has 0 bridgehead atoms. The van der Waals surface area contributed by atoms with Crippen LogP contribution in [0.3, 0.4) is 0 Å². The molecule has 2 N–H and O–H groups in total. The minimum absolute atomic E-state index is 0.00521. The molecule has 1 amide bonds. The Kier molecular flexibility index (Phi) is 37.5. The van der Waals surface area contributed by atoms with Crippen molar-refractivity contribution in [3.05, 3.63) is 60.8 Å². The molecule has 0 aromatic carbocycles. The molecule has 0 aromatic heterocycles. The Balaban J connectivity index is 4.39. The lowest BCUT2D eigenvalue weighted by Crippen LogP contribution is -2.45. The summed E-state index contributed by atoms with van der Waals surface area (Å²) in [5.41, 5.74) is 0. The predicted octanol–water partition coefficient (Wildman–Crippen LogP) is 12.0. The highest BCUT2D eigenvalue weighted by atomic mass is 31.2. The first-order valence-electron chi connectivity index (χ1n) is 22.7. The second-order valence-electron chi connectivity index (χ2n) is 16.4. The number of nitrogens with zero attached hydrogens (tertiary/aromatic N) is 1. The van der Waals surface area contributed by atoms with Crippen molar-refractivity contribution in [3.63, 3.8) is 0 Å². The summed E-state index contributed by atoms with van der Waals surface area (Å²) in [6, 6.07) is -0.892. The highest BCUT2D eigenvalue weighted by Crippen LogP contribution is 2.38. The smallest absolute Gasteiger partial charge is 0.268 e. The van der Waals surface area contributed by atoms with Gasteiger partial charge in [-0.1, -0.05) is 177 Å². The SMILES string of the molecule is CC/C=C\C/C=C\C/C=C\C/C=C\CCCCCCCCCCC(=O)NC(COP(=O)([O-])OCC[N+](C)(C)C)C(O)/C=C/CCCCCCCCCCCCC. The number of unbranched alkanes of at least 4 members (excludes halogenated alkanes) is 19. The van der Waals surface area contributed by atoms with Gasteiger partial charge in [0, 0.05) is 6.42 Å². The summed E-state index contributed by atoms with van der Waals surface area (Å²) in [7, 11) is 1.25. The van der Waals surface area contributed by atoms with E-state index < -0.39 is 20.0 Å². The number of aliphatic hydroxyl groups is 1. The van der Waals surface area contributed by atoms with E-state index in [-0.39, 0.29) is 19.1 Å².